The van der Waals surface area contributed by atoms with Gasteiger partial charge in [-0.25, -0.2) is 0 Å². The molecule has 6 nitrogen and oxygen atoms in total. The maximum atomic E-state index is 12.9. The van der Waals surface area contributed by atoms with E-state index in [0.717, 1.165) is 96.3 Å². The highest BCUT2D eigenvalue weighted by Gasteiger charge is 2.19. The van der Waals surface area contributed by atoms with Gasteiger partial charge >= 0.3 is 17.9 Å². The van der Waals surface area contributed by atoms with Crippen LogP contribution in [0.15, 0.2) is 85.1 Å². The molecule has 0 heterocycles. The fourth-order valence-corrected chi connectivity index (χ4v) is 9.97. The SMILES string of the molecule is CC/C=C\C/C=C\C/C=C\C/C=C\CCCCCCCCCCCCCCCCCCC(=O)OCC(COC(=O)CCCCCCCC)OC(=O)CCCCCCCCCCCCCC/C=C\C/C=C\C/C=C\CCCCCCC. The van der Waals surface area contributed by atoms with Gasteiger partial charge in [-0.2, -0.15) is 0 Å². The van der Waals surface area contributed by atoms with Crippen molar-refractivity contribution < 1.29 is 28.6 Å². The minimum absolute atomic E-state index is 0.0734. The maximum absolute atomic E-state index is 12.9. The molecule has 0 aliphatic heterocycles. The first-order valence-corrected chi connectivity index (χ1v) is 34.6. The van der Waals surface area contributed by atoms with Crippen LogP contribution in [-0.2, 0) is 28.6 Å². The number of esters is 3. The number of carbonyl (C=O) groups excluding carboxylic acids is 3. The normalized spacial score (nSPS) is 12.6. The summed E-state index contributed by atoms with van der Waals surface area (Å²) >= 11 is 0. The van der Waals surface area contributed by atoms with Gasteiger partial charge in [0.05, 0.1) is 0 Å². The smallest absolute Gasteiger partial charge is 0.306 e. The Balaban J connectivity index is 4.03. The molecule has 6 heteroatoms. The zero-order valence-electron chi connectivity index (χ0n) is 53.1. The summed E-state index contributed by atoms with van der Waals surface area (Å²) in [4.78, 5) is 38.1. The molecule has 0 saturated carbocycles. The van der Waals surface area contributed by atoms with Crippen LogP contribution >= 0.6 is 0 Å². The minimum Gasteiger partial charge on any atom is -0.462 e. The molecule has 0 N–H and O–H groups in total. The highest BCUT2D eigenvalue weighted by Crippen LogP contribution is 2.17. The Morgan fingerprint density at radius 2 is 0.487 bits per heavy atom. The Bertz CT molecular complexity index is 1520. The topological polar surface area (TPSA) is 78.9 Å². The molecule has 80 heavy (non-hydrogen) atoms. The molecule has 0 aliphatic carbocycles. The first-order valence-electron chi connectivity index (χ1n) is 34.6. The number of rotatable bonds is 63. The number of hydrogen-bond acceptors (Lipinski definition) is 6. The molecule has 0 saturated heterocycles. The lowest BCUT2D eigenvalue weighted by molar-refractivity contribution is -0.167. The monoisotopic (exact) mass is 1110 g/mol. The quantitative estimate of drug-likeness (QED) is 0.0261. The van der Waals surface area contributed by atoms with Gasteiger partial charge in [-0.3, -0.25) is 14.4 Å². The molecule has 0 radical (unpaired) electrons. The van der Waals surface area contributed by atoms with Crippen LogP contribution in [0.1, 0.15) is 348 Å². The molecule has 0 aromatic heterocycles. The Morgan fingerprint density at radius 3 is 0.762 bits per heavy atom. The summed E-state index contributed by atoms with van der Waals surface area (Å²) < 4.78 is 16.9. The van der Waals surface area contributed by atoms with Crippen LogP contribution in [-0.4, -0.2) is 37.2 Å². The van der Waals surface area contributed by atoms with E-state index in [-0.39, 0.29) is 31.1 Å². The first kappa shape index (κ1) is 76.6. The van der Waals surface area contributed by atoms with Crippen LogP contribution in [0.25, 0.3) is 0 Å². The van der Waals surface area contributed by atoms with E-state index < -0.39 is 6.10 Å². The molecule has 0 bridgehead atoms. The van der Waals surface area contributed by atoms with E-state index >= 15 is 0 Å². The van der Waals surface area contributed by atoms with E-state index in [4.69, 9.17) is 14.2 Å². The van der Waals surface area contributed by atoms with Crippen LogP contribution in [0, 0.1) is 0 Å². The van der Waals surface area contributed by atoms with Crippen molar-refractivity contribution in [2.75, 3.05) is 13.2 Å². The summed E-state index contributed by atoms with van der Waals surface area (Å²) in [6.07, 6.45) is 90.8. The Labute approximate surface area is 496 Å². The van der Waals surface area contributed by atoms with Gasteiger partial charge in [0.1, 0.15) is 13.2 Å². The van der Waals surface area contributed by atoms with E-state index in [1.54, 1.807) is 0 Å². The summed E-state index contributed by atoms with van der Waals surface area (Å²) in [6.45, 7) is 6.49. The maximum Gasteiger partial charge on any atom is 0.306 e. The summed E-state index contributed by atoms with van der Waals surface area (Å²) in [7, 11) is 0. The van der Waals surface area contributed by atoms with Crippen molar-refractivity contribution in [1.29, 1.82) is 0 Å². The minimum atomic E-state index is -0.774. The second-order valence-corrected chi connectivity index (χ2v) is 23.1. The number of hydrogen-bond donors (Lipinski definition) is 0. The van der Waals surface area contributed by atoms with Crippen LogP contribution in [0.5, 0.6) is 0 Å². The van der Waals surface area contributed by atoms with Crippen molar-refractivity contribution in [2.45, 2.75) is 354 Å². The van der Waals surface area contributed by atoms with Gasteiger partial charge in [0.2, 0.25) is 0 Å². The third-order valence-corrected chi connectivity index (χ3v) is 15.1. The Morgan fingerprint density at radius 1 is 0.263 bits per heavy atom. The van der Waals surface area contributed by atoms with Gasteiger partial charge in [-0.1, -0.05) is 318 Å². The standard InChI is InChI=1S/C74H130O6/c1-4-7-10-13-16-18-20-22-24-26-28-30-32-34-36-37-39-40-42-44-46-48-50-52-54-56-58-61-64-67-73(76)79-70-71(69-78-72(75)66-63-60-15-12-9-6-3)80-74(77)68-65-62-59-57-55-53-51-49-47-45-43-41-38-35-33-31-29-27-25-23-21-19-17-14-11-8-5-2/h7,10,16,18,21-24,27-30,33,35,71H,4-6,8-9,11-15,17,19-20,25-26,31-32,34,36-70H2,1-3H3/b10-7-,18-16-,23-21-,24-22-,29-27-,30-28-,35-33-. The molecule has 1 unspecified atom stereocenters. The second kappa shape index (κ2) is 68.1. The van der Waals surface area contributed by atoms with Crippen LogP contribution in [0.4, 0.5) is 0 Å². The largest absolute Gasteiger partial charge is 0.462 e. The van der Waals surface area contributed by atoms with E-state index in [0.29, 0.717) is 19.3 Å². The summed E-state index contributed by atoms with van der Waals surface area (Å²) in [6, 6.07) is 0. The molecule has 0 spiro atoms. The summed E-state index contributed by atoms with van der Waals surface area (Å²) in [5.41, 5.74) is 0. The molecule has 0 amide bonds. The van der Waals surface area contributed by atoms with Crippen molar-refractivity contribution in [3.63, 3.8) is 0 Å². The molecule has 0 aliphatic rings. The Kier molecular flexibility index (Phi) is 65.2. The van der Waals surface area contributed by atoms with Crippen molar-refractivity contribution in [3.05, 3.63) is 85.1 Å². The van der Waals surface area contributed by atoms with Gasteiger partial charge in [0, 0.05) is 19.3 Å². The van der Waals surface area contributed by atoms with E-state index in [9.17, 15) is 14.4 Å². The lowest BCUT2D eigenvalue weighted by Crippen LogP contribution is -2.30. The fourth-order valence-electron chi connectivity index (χ4n) is 9.97. The number of allylic oxidation sites excluding steroid dienone is 14. The van der Waals surface area contributed by atoms with Gasteiger partial charge in [-0.05, 0) is 96.3 Å². The molecular weight excluding hydrogens is 985 g/mol. The first-order chi connectivity index (χ1) is 39.5. The molecular formula is C74H130O6. The lowest BCUT2D eigenvalue weighted by Gasteiger charge is -2.18. The van der Waals surface area contributed by atoms with E-state index in [1.165, 1.54) is 212 Å². The number of unbranched alkanes of at least 4 members (excludes halogenated alkanes) is 38. The molecule has 1 atom stereocenters. The second-order valence-electron chi connectivity index (χ2n) is 23.1. The predicted octanol–water partition coefficient (Wildman–Crippen LogP) is 23.8. The highest BCUT2D eigenvalue weighted by atomic mass is 16.6. The van der Waals surface area contributed by atoms with Crippen molar-refractivity contribution in [2.24, 2.45) is 0 Å². The summed E-state index contributed by atoms with van der Waals surface area (Å²) in [5, 5.41) is 0. The van der Waals surface area contributed by atoms with Crippen LogP contribution < -0.4 is 0 Å². The van der Waals surface area contributed by atoms with Gasteiger partial charge in [0.25, 0.3) is 0 Å². The molecule has 0 rings (SSSR count). The highest BCUT2D eigenvalue weighted by molar-refractivity contribution is 5.71. The summed E-state index contributed by atoms with van der Waals surface area (Å²) in [5.74, 6) is -0.869. The zero-order chi connectivity index (χ0) is 57.8. The Hall–Kier alpha value is -3.41. The molecule has 0 aromatic rings. The van der Waals surface area contributed by atoms with Gasteiger partial charge in [-0.15, -0.1) is 0 Å². The lowest BCUT2D eigenvalue weighted by atomic mass is 10.0. The molecule has 462 valence electrons. The zero-order valence-corrected chi connectivity index (χ0v) is 53.1. The van der Waals surface area contributed by atoms with Crippen molar-refractivity contribution in [3.8, 4) is 0 Å². The third kappa shape index (κ3) is 65.4. The van der Waals surface area contributed by atoms with E-state index in [2.05, 4.69) is 106 Å². The molecule has 0 aromatic carbocycles. The van der Waals surface area contributed by atoms with Crippen LogP contribution in [0.3, 0.4) is 0 Å². The van der Waals surface area contributed by atoms with Crippen molar-refractivity contribution >= 4 is 17.9 Å². The number of ether oxygens (including phenoxy) is 3. The van der Waals surface area contributed by atoms with Crippen molar-refractivity contribution in [1.82, 2.24) is 0 Å². The molecule has 0 fully saturated rings. The third-order valence-electron chi connectivity index (χ3n) is 15.1. The average molecular weight is 1120 g/mol. The fraction of sp³-hybridized carbons (Fsp3) is 0.770. The van der Waals surface area contributed by atoms with Gasteiger partial charge < -0.3 is 14.2 Å². The van der Waals surface area contributed by atoms with Crippen LogP contribution in [0.2, 0.25) is 0 Å². The van der Waals surface area contributed by atoms with E-state index in [1.807, 2.05) is 0 Å². The predicted molar refractivity (Wildman–Crippen MR) is 348 cm³/mol. The average Bonchev–Trinajstić information content (AvgIpc) is 3.46. The number of carbonyl (C=O) groups is 3. The van der Waals surface area contributed by atoms with Gasteiger partial charge in [0.15, 0.2) is 6.10 Å².